The SMILES string of the molecule is N=NC(=N)NCCSCc1csc(NC(=N)N)n1. The molecule has 1 rings (SSSR count). The maximum atomic E-state index is 7.08. The molecule has 1 heterocycles. The summed E-state index contributed by atoms with van der Waals surface area (Å²) in [6, 6.07) is 0. The smallest absolute Gasteiger partial charge is 0.234 e. The summed E-state index contributed by atoms with van der Waals surface area (Å²) in [4.78, 5) is 4.25. The van der Waals surface area contributed by atoms with E-state index >= 15 is 0 Å². The van der Waals surface area contributed by atoms with Gasteiger partial charge in [0.15, 0.2) is 11.1 Å². The van der Waals surface area contributed by atoms with Crippen molar-refractivity contribution in [2.24, 2.45) is 10.8 Å². The number of hydrogen-bond donors (Lipinski definition) is 6. The lowest BCUT2D eigenvalue weighted by Crippen LogP contribution is -2.22. The van der Waals surface area contributed by atoms with Crippen LogP contribution in [0.25, 0.3) is 0 Å². The molecule has 98 valence electrons. The van der Waals surface area contributed by atoms with Gasteiger partial charge in [-0.1, -0.05) is 0 Å². The zero-order valence-electron chi connectivity index (χ0n) is 9.49. The van der Waals surface area contributed by atoms with Gasteiger partial charge in [-0.3, -0.25) is 10.8 Å². The summed E-state index contributed by atoms with van der Waals surface area (Å²) in [5.41, 5.74) is 12.7. The van der Waals surface area contributed by atoms with Gasteiger partial charge in [-0.05, 0) is 0 Å². The van der Waals surface area contributed by atoms with Gasteiger partial charge in [0.1, 0.15) is 0 Å². The number of nitrogens with zero attached hydrogens (tertiary/aromatic N) is 2. The normalized spacial score (nSPS) is 9.78. The topological polar surface area (TPSA) is 147 Å². The van der Waals surface area contributed by atoms with E-state index in [0.717, 1.165) is 17.2 Å². The Balaban J connectivity index is 2.19. The number of thioether (sulfide) groups is 1. The van der Waals surface area contributed by atoms with Crippen molar-refractivity contribution in [3.8, 4) is 0 Å². The van der Waals surface area contributed by atoms with Crippen molar-refractivity contribution < 1.29 is 0 Å². The quantitative estimate of drug-likeness (QED) is 0.201. The first kappa shape index (κ1) is 14.4. The number of nitrogens with one attached hydrogen (secondary N) is 5. The maximum Gasteiger partial charge on any atom is 0.234 e. The van der Waals surface area contributed by atoms with Gasteiger partial charge >= 0.3 is 0 Å². The standard InChI is InChI=1S/C8H14N8S2/c9-6(10)15-8-14-5(4-18-8)3-17-2-1-13-7(11)16-12/h4,12H,1-3H2,(H2,11,13)(H4,9,10,14,15). The lowest BCUT2D eigenvalue weighted by atomic mass is 10.6. The van der Waals surface area contributed by atoms with Crippen LogP contribution in [-0.2, 0) is 5.75 Å². The Bertz CT molecular complexity index is 428. The summed E-state index contributed by atoms with van der Waals surface area (Å²) in [5.74, 6) is 1.30. The minimum Gasteiger partial charge on any atom is -0.370 e. The molecule has 1 aromatic heterocycles. The third-order valence-electron chi connectivity index (χ3n) is 1.69. The van der Waals surface area contributed by atoms with Gasteiger partial charge in [0, 0.05) is 23.4 Å². The Morgan fingerprint density at radius 1 is 1.56 bits per heavy atom. The predicted octanol–water partition coefficient (Wildman–Crippen LogP) is 1.24. The molecular formula is C8H14N8S2. The van der Waals surface area contributed by atoms with Crippen LogP contribution in [-0.4, -0.2) is 29.2 Å². The number of thiazole rings is 1. The molecule has 0 saturated carbocycles. The minimum atomic E-state index is -0.128. The molecule has 0 radical (unpaired) electrons. The summed E-state index contributed by atoms with van der Waals surface area (Å²) in [7, 11) is 0. The van der Waals surface area contributed by atoms with E-state index in [1.54, 1.807) is 11.8 Å². The molecule has 0 spiro atoms. The fourth-order valence-corrected chi connectivity index (χ4v) is 2.58. The van der Waals surface area contributed by atoms with E-state index in [1.807, 2.05) is 5.38 Å². The second kappa shape index (κ2) is 7.61. The van der Waals surface area contributed by atoms with E-state index in [-0.39, 0.29) is 11.9 Å². The molecule has 18 heavy (non-hydrogen) atoms. The van der Waals surface area contributed by atoms with Gasteiger partial charge in [0.2, 0.25) is 5.96 Å². The lowest BCUT2D eigenvalue weighted by Gasteiger charge is -2.01. The van der Waals surface area contributed by atoms with Gasteiger partial charge in [-0.2, -0.15) is 11.8 Å². The molecule has 0 fully saturated rings. The fraction of sp³-hybridized carbons (Fsp3) is 0.375. The maximum absolute atomic E-state index is 7.08. The van der Waals surface area contributed by atoms with Crippen LogP contribution in [0.5, 0.6) is 0 Å². The fourth-order valence-electron chi connectivity index (χ4n) is 1.00. The Hall–Kier alpha value is -1.68. The predicted molar refractivity (Wildman–Crippen MR) is 74.7 cm³/mol. The second-order valence-corrected chi connectivity index (χ2v) is 5.09. The van der Waals surface area contributed by atoms with Crippen LogP contribution in [0.2, 0.25) is 0 Å². The van der Waals surface area contributed by atoms with Crippen LogP contribution in [0.3, 0.4) is 0 Å². The highest BCUT2D eigenvalue weighted by atomic mass is 32.2. The van der Waals surface area contributed by atoms with Crippen molar-refractivity contribution in [3.05, 3.63) is 11.1 Å². The van der Waals surface area contributed by atoms with Crippen molar-refractivity contribution in [3.63, 3.8) is 0 Å². The average Bonchev–Trinajstić information content (AvgIpc) is 2.75. The Kier molecular flexibility index (Phi) is 6.08. The van der Waals surface area contributed by atoms with Crippen molar-refractivity contribution in [1.82, 2.24) is 10.3 Å². The van der Waals surface area contributed by atoms with E-state index in [2.05, 4.69) is 20.7 Å². The largest absolute Gasteiger partial charge is 0.370 e. The molecule has 1 aromatic rings. The highest BCUT2D eigenvalue weighted by molar-refractivity contribution is 7.98. The highest BCUT2D eigenvalue weighted by Crippen LogP contribution is 2.18. The molecule has 7 N–H and O–H groups in total. The monoisotopic (exact) mass is 286 g/mol. The Labute approximate surface area is 112 Å². The van der Waals surface area contributed by atoms with Crippen LogP contribution in [0.1, 0.15) is 5.69 Å². The van der Waals surface area contributed by atoms with Gasteiger partial charge in [0.25, 0.3) is 0 Å². The minimum absolute atomic E-state index is 0.120. The summed E-state index contributed by atoms with van der Waals surface area (Å²) in [5, 5.41) is 24.9. The Morgan fingerprint density at radius 2 is 2.33 bits per heavy atom. The summed E-state index contributed by atoms with van der Waals surface area (Å²) in [6.07, 6.45) is 0. The van der Waals surface area contributed by atoms with E-state index < -0.39 is 0 Å². The molecule has 0 atom stereocenters. The van der Waals surface area contributed by atoms with Gasteiger partial charge in [-0.25, -0.2) is 10.5 Å². The first-order chi connectivity index (χ1) is 8.61. The summed E-state index contributed by atoms with van der Waals surface area (Å²) < 4.78 is 0. The zero-order chi connectivity index (χ0) is 13.4. The highest BCUT2D eigenvalue weighted by Gasteiger charge is 2.02. The van der Waals surface area contributed by atoms with Crippen LogP contribution in [0.4, 0.5) is 5.13 Å². The molecule has 0 saturated heterocycles. The summed E-state index contributed by atoms with van der Waals surface area (Å²) in [6.45, 7) is 0.592. The van der Waals surface area contributed by atoms with Crippen molar-refractivity contribution in [1.29, 1.82) is 16.3 Å². The number of guanidine groups is 2. The number of aromatic nitrogens is 1. The zero-order valence-corrected chi connectivity index (χ0v) is 11.1. The third kappa shape index (κ3) is 5.59. The van der Waals surface area contributed by atoms with E-state index in [0.29, 0.717) is 11.7 Å². The van der Waals surface area contributed by atoms with Crippen molar-refractivity contribution in [2.75, 3.05) is 17.6 Å². The number of anilines is 1. The van der Waals surface area contributed by atoms with E-state index in [4.69, 9.17) is 22.1 Å². The number of nitrogens with two attached hydrogens (primary N) is 1. The molecule has 0 bridgehead atoms. The van der Waals surface area contributed by atoms with Crippen LogP contribution >= 0.6 is 23.1 Å². The molecule has 8 nitrogen and oxygen atoms in total. The number of hydrogen-bond acceptors (Lipinski definition) is 6. The van der Waals surface area contributed by atoms with Gasteiger partial charge < -0.3 is 16.4 Å². The van der Waals surface area contributed by atoms with E-state index in [1.165, 1.54) is 11.3 Å². The third-order valence-corrected chi connectivity index (χ3v) is 3.49. The lowest BCUT2D eigenvalue weighted by molar-refractivity contribution is 0.929. The molecule has 0 aliphatic heterocycles. The molecule has 0 aromatic carbocycles. The second-order valence-electron chi connectivity index (χ2n) is 3.12. The van der Waals surface area contributed by atoms with Gasteiger partial charge in [-0.15, -0.1) is 16.5 Å². The first-order valence-electron chi connectivity index (χ1n) is 4.95. The van der Waals surface area contributed by atoms with Crippen molar-refractivity contribution in [2.45, 2.75) is 5.75 Å². The first-order valence-corrected chi connectivity index (χ1v) is 6.98. The Morgan fingerprint density at radius 3 is 3.00 bits per heavy atom. The molecule has 0 unspecified atom stereocenters. The van der Waals surface area contributed by atoms with Crippen LogP contribution in [0, 0.1) is 16.3 Å². The summed E-state index contributed by atoms with van der Waals surface area (Å²) >= 11 is 3.06. The van der Waals surface area contributed by atoms with Crippen molar-refractivity contribution >= 4 is 40.1 Å². The van der Waals surface area contributed by atoms with Crippen LogP contribution in [0.15, 0.2) is 10.5 Å². The molecular weight excluding hydrogens is 272 g/mol. The molecule has 10 heteroatoms. The number of rotatable bonds is 6. The van der Waals surface area contributed by atoms with Crippen LogP contribution < -0.4 is 16.4 Å². The van der Waals surface area contributed by atoms with Gasteiger partial charge in [0.05, 0.1) is 5.69 Å². The molecule has 0 amide bonds. The molecule has 0 aliphatic carbocycles. The molecule has 0 aliphatic rings. The van der Waals surface area contributed by atoms with E-state index in [9.17, 15) is 0 Å². The average molecular weight is 286 g/mol.